The summed E-state index contributed by atoms with van der Waals surface area (Å²) in [7, 11) is 0. The van der Waals surface area contributed by atoms with Crippen molar-refractivity contribution in [2.45, 2.75) is 13.5 Å². The first-order valence-electron chi connectivity index (χ1n) is 5.63. The smallest absolute Gasteiger partial charge is 0.412 e. The lowest BCUT2D eigenvalue weighted by atomic mass is 10.1. The highest BCUT2D eigenvalue weighted by molar-refractivity contribution is 5.84. The highest BCUT2D eigenvalue weighted by Crippen LogP contribution is 2.07. The number of carbonyl (C=O) groups excluding carboxylic acids is 1. The highest BCUT2D eigenvalue weighted by Gasteiger charge is 2.03. The number of hydrogen-bond acceptors (Lipinski definition) is 3. The maximum absolute atomic E-state index is 11.5. The molecule has 0 aliphatic heterocycles. The molecule has 0 saturated heterocycles. The lowest BCUT2D eigenvalue weighted by Gasteiger charge is -2.07. The Balaban J connectivity index is 1.85. The van der Waals surface area contributed by atoms with Gasteiger partial charge in [-0.15, -0.1) is 0 Å². The molecule has 1 aromatic carbocycles. The molecule has 0 spiro atoms. The van der Waals surface area contributed by atoms with Crippen molar-refractivity contribution in [1.29, 1.82) is 0 Å². The summed E-state index contributed by atoms with van der Waals surface area (Å²) in [6.07, 6.45) is 2.72. The molecule has 2 aromatic rings. The number of aromatic nitrogens is 1. The number of aryl methyl sites for hydroxylation is 1. The molecule has 0 unspecified atom stereocenters. The zero-order chi connectivity index (χ0) is 12.8. The second-order valence-corrected chi connectivity index (χ2v) is 3.93. The number of amides is 1. The summed E-state index contributed by atoms with van der Waals surface area (Å²) in [4.78, 5) is 15.4. The Morgan fingerprint density at radius 2 is 2.22 bits per heavy atom. The van der Waals surface area contributed by atoms with E-state index in [1.54, 1.807) is 24.5 Å². The summed E-state index contributed by atoms with van der Waals surface area (Å²) in [5, 5.41) is 2.60. The molecule has 1 N–H and O–H groups in total. The molecular weight excluding hydrogens is 228 g/mol. The fraction of sp³-hybridized carbons (Fsp3) is 0.143. The zero-order valence-electron chi connectivity index (χ0n) is 10.1. The molecular formula is C14H14N2O2. The first-order chi connectivity index (χ1) is 8.74. The predicted molar refractivity (Wildman–Crippen MR) is 69.2 cm³/mol. The Kier molecular flexibility index (Phi) is 3.91. The molecule has 1 aromatic heterocycles. The van der Waals surface area contributed by atoms with Crippen molar-refractivity contribution < 1.29 is 9.53 Å². The summed E-state index contributed by atoms with van der Waals surface area (Å²) in [6.45, 7) is 2.26. The molecule has 4 heteroatoms. The second kappa shape index (κ2) is 5.82. The molecule has 92 valence electrons. The minimum atomic E-state index is -0.482. The van der Waals surface area contributed by atoms with Gasteiger partial charge in [0.05, 0.1) is 11.9 Å². The maximum atomic E-state index is 11.5. The van der Waals surface area contributed by atoms with Crippen LogP contribution in [0.15, 0.2) is 48.8 Å². The van der Waals surface area contributed by atoms with Gasteiger partial charge in [0.1, 0.15) is 6.61 Å². The number of anilines is 1. The van der Waals surface area contributed by atoms with Gasteiger partial charge in [0.15, 0.2) is 0 Å². The molecule has 0 aliphatic rings. The van der Waals surface area contributed by atoms with Crippen LogP contribution >= 0.6 is 0 Å². The molecule has 18 heavy (non-hydrogen) atoms. The molecule has 0 fully saturated rings. The lowest BCUT2D eigenvalue weighted by molar-refractivity contribution is 0.155. The number of benzene rings is 1. The van der Waals surface area contributed by atoms with Crippen LogP contribution in [-0.2, 0) is 11.3 Å². The van der Waals surface area contributed by atoms with Crippen molar-refractivity contribution in [3.8, 4) is 0 Å². The van der Waals surface area contributed by atoms with Crippen molar-refractivity contribution in [3.63, 3.8) is 0 Å². The monoisotopic (exact) mass is 242 g/mol. The number of pyridine rings is 1. The van der Waals surface area contributed by atoms with Gasteiger partial charge in [0, 0.05) is 6.20 Å². The molecule has 0 atom stereocenters. The maximum Gasteiger partial charge on any atom is 0.412 e. The SMILES string of the molecule is Cc1cccc(COC(=O)Nc2cccnc2)c1. The van der Waals surface area contributed by atoms with Gasteiger partial charge in [0.25, 0.3) is 0 Å². The van der Waals surface area contributed by atoms with Crippen LogP contribution < -0.4 is 5.32 Å². The molecule has 0 radical (unpaired) electrons. The van der Waals surface area contributed by atoms with Gasteiger partial charge in [-0.2, -0.15) is 0 Å². The highest BCUT2D eigenvalue weighted by atomic mass is 16.5. The normalized spacial score (nSPS) is 9.83. The lowest BCUT2D eigenvalue weighted by Crippen LogP contribution is -2.13. The van der Waals surface area contributed by atoms with E-state index in [2.05, 4.69) is 10.3 Å². The third-order valence-corrected chi connectivity index (χ3v) is 2.36. The van der Waals surface area contributed by atoms with E-state index in [-0.39, 0.29) is 6.61 Å². The number of hydrogen-bond donors (Lipinski definition) is 1. The second-order valence-electron chi connectivity index (χ2n) is 3.93. The van der Waals surface area contributed by atoms with Crippen LogP contribution in [0.1, 0.15) is 11.1 Å². The van der Waals surface area contributed by atoms with E-state index in [4.69, 9.17) is 4.74 Å². The Bertz CT molecular complexity index is 526. The first-order valence-corrected chi connectivity index (χ1v) is 5.63. The van der Waals surface area contributed by atoms with Crippen molar-refractivity contribution in [2.24, 2.45) is 0 Å². The van der Waals surface area contributed by atoms with Crippen molar-refractivity contribution >= 4 is 11.8 Å². The topological polar surface area (TPSA) is 51.2 Å². The van der Waals surface area contributed by atoms with Crippen LogP contribution in [0.4, 0.5) is 10.5 Å². The predicted octanol–water partition coefficient (Wildman–Crippen LogP) is 3.14. The number of rotatable bonds is 3. The number of nitrogens with zero attached hydrogens (tertiary/aromatic N) is 1. The van der Waals surface area contributed by atoms with Crippen molar-refractivity contribution in [3.05, 3.63) is 59.9 Å². The van der Waals surface area contributed by atoms with Crippen LogP contribution in [0.2, 0.25) is 0 Å². The van der Waals surface area contributed by atoms with E-state index < -0.39 is 6.09 Å². The number of ether oxygens (including phenoxy) is 1. The van der Waals surface area contributed by atoms with Crippen LogP contribution in [0.3, 0.4) is 0 Å². The van der Waals surface area contributed by atoms with E-state index in [0.29, 0.717) is 5.69 Å². The van der Waals surface area contributed by atoms with Crippen LogP contribution in [0.5, 0.6) is 0 Å². The molecule has 4 nitrogen and oxygen atoms in total. The van der Waals surface area contributed by atoms with E-state index in [0.717, 1.165) is 11.1 Å². The molecule has 0 saturated carbocycles. The average Bonchev–Trinajstić information content (AvgIpc) is 2.38. The summed E-state index contributed by atoms with van der Waals surface area (Å²) in [5.41, 5.74) is 2.73. The fourth-order valence-corrected chi connectivity index (χ4v) is 1.54. The largest absolute Gasteiger partial charge is 0.444 e. The van der Waals surface area contributed by atoms with Gasteiger partial charge in [0.2, 0.25) is 0 Å². The Labute approximate surface area is 106 Å². The Morgan fingerprint density at radius 1 is 1.33 bits per heavy atom. The molecule has 0 bridgehead atoms. The van der Waals surface area contributed by atoms with Crippen LogP contribution in [0, 0.1) is 6.92 Å². The number of carbonyl (C=O) groups is 1. The molecule has 0 aliphatic carbocycles. The van der Waals surface area contributed by atoms with Crippen LogP contribution in [-0.4, -0.2) is 11.1 Å². The van der Waals surface area contributed by atoms with Gasteiger partial charge in [-0.05, 0) is 24.6 Å². The van der Waals surface area contributed by atoms with E-state index in [1.165, 1.54) is 0 Å². The van der Waals surface area contributed by atoms with E-state index in [9.17, 15) is 4.79 Å². The third-order valence-electron chi connectivity index (χ3n) is 2.36. The quantitative estimate of drug-likeness (QED) is 0.899. The van der Waals surface area contributed by atoms with E-state index in [1.807, 2.05) is 31.2 Å². The summed E-state index contributed by atoms with van der Waals surface area (Å²) < 4.78 is 5.11. The first kappa shape index (κ1) is 12.1. The van der Waals surface area contributed by atoms with Gasteiger partial charge in [-0.3, -0.25) is 10.3 Å². The Morgan fingerprint density at radius 3 is 2.94 bits per heavy atom. The number of nitrogens with one attached hydrogen (secondary N) is 1. The minimum absolute atomic E-state index is 0.258. The average molecular weight is 242 g/mol. The van der Waals surface area contributed by atoms with Gasteiger partial charge >= 0.3 is 6.09 Å². The molecule has 1 amide bonds. The van der Waals surface area contributed by atoms with Crippen LogP contribution in [0.25, 0.3) is 0 Å². The summed E-state index contributed by atoms with van der Waals surface area (Å²) in [6, 6.07) is 11.3. The van der Waals surface area contributed by atoms with Crippen molar-refractivity contribution in [1.82, 2.24) is 4.98 Å². The van der Waals surface area contributed by atoms with E-state index >= 15 is 0 Å². The zero-order valence-corrected chi connectivity index (χ0v) is 10.1. The van der Waals surface area contributed by atoms with Crippen molar-refractivity contribution in [2.75, 3.05) is 5.32 Å². The standard InChI is InChI=1S/C14H14N2O2/c1-11-4-2-5-12(8-11)10-18-14(17)16-13-6-3-7-15-9-13/h2-9H,10H2,1H3,(H,16,17). The van der Waals surface area contributed by atoms with Gasteiger partial charge in [-0.25, -0.2) is 4.79 Å². The third kappa shape index (κ3) is 3.59. The van der Waals surface area contributed by atoms with Gasteiger partial charge in [-0.1, -0.05) is 29.8 Å². The summed E-state index contributed by atoms with van der Waals surface area (Å²) >= 11 is 0. The fourth-order valence-electron chi connectivity index (χ4n) is 1.54. The molecule has 1 heterocycles. The Hall–Kier alpha value is -2.36. The minimum Gasteiger partial charge on any atom is -0.444 e. The van der Waals surface area contributed by atoms with Gasteiger partial charge < -0.3 is 4.74 Å². The molecule has 2 rings (SSSR count). The summed E-state index contributed by atoms with van der Waals surface area (Å²) in [5.74, 6) is 0.